The summed E-state index contributed by atoms with van der Waals surface area (Å²) in [5, 5.41) is 0.819. The van der Waals surface area contributed by atoms with E-state index in [-0.39, 0.29) is 53.5 Å². The minimum absolute atomic E-state index is 0.0353. The Bertz CT molecular complexity index is 1410. The number of halogens is 8. The van der Waals surface area contributed by atoms with Gasteiger partial charge in [0.2, 0.25) is 0 Å². The van der Waals surface area contributed by atoms with Crippen LogP contribution in [0.1, 0.15) is 34.3 Å². The molecule has 5 rings (SSSR count). The standard InChI is InChI=1S/C28H23Cl2F6N3O/c1-14-21(16-3-7-18(29)8-4-16)23(37-24(14)27(31,32)33)20-13-40-12-11-39(20)26-22(17-5-9-19(30)10-6-17)15(2)25(38-26)28(34,35)36/h3-10,20,37-38H,11-13H2,1-2H3. The monoisotopic (exact) mass is 601 g/mol. The number of H-pyrrole nitrogens is 2. The number of hydrogen-bond acceptors (Lipinski definition) is 2. The molecule has 40 heavy (non-hydrogen) atoms. The van der Waals surface area contributed by atoms with Gasteiger partial charge in [0.25, 0.3) is 0 Å². The van der Waals surface area contributed by atoms with Crippen LogP contribution in [0.15, 0.2) is 48.5 Å². The Labute approximate surface area is 235 Å². The van der Waals surface area contributed by atoms with E-state index in [2.05, 4.69) is 9.97 Å². The van der Waals surface area contributed by atoms with Crippen molar-refractivity contribution in [2.75, 3.05) is 24.7 Å². The molecule has 1 atom stereocenters. The zero-order valence-electron chi connectivity index (χ0n) is 21.2. The highest BCUT2D eigenvalue weighted by Gasteiger charge is 2.42. The number of nitrogens with one attached hydrogen (secondary N) is 2. The Hall–Kier alpha value is -3.08. The summed E-state index contributed by atoms with van der Waals surface area (Å²) in [6.45, 7) is 2.96. The largest absolute Gasteiger partial charge is 0.431 e. The van der Waals surface area contributed by atoms with Crippen LogP contribution in [0, 0.1) is 13.8 Å². The third-order valence-corrected chi connectivity index (χ3v) is 7.59. The molecule has 4 nitrogen and oxygen atoms in total. The lowest BCUT2D eigenvalue weighted by Gasteiger charge is -2.37. The zero-order valence-corrected chi connectivity index (χ0v) is 22.7. The first kappa shape index (κ1) is 28.4. The van der Waals surface area contributed by atoms with Crippen molar-refractivity contribution in [2.24, 2.45) is 0 Å². The molecular formula is C28H23Cl2F6N3O. The highest BCUT2D eigenvalue weighted by atomic mass is 35.5. The molecule has 1 aliphatic heterocycles. The van der Waals surface area contributed by atoms with Gasteiger partial charge in [0.1, 0.15) is 17.2 Å². The van der Waals surface area contributed by atoms with E-state index in [1.807, 2.05) is 0 Å². The number of benzene rings is 2. The number of hydrogen-bond donors (Lipinski definition) is 2. The van der Waals surface area contributed by atoms with Gasteiger partial charge in [0.15, 0.2) is 0 Å². The number of anilines is 1. The van der Waals surface area contributed by atoms with Gasteiger partial charge in [-0.25, -0.2) is 0 Å². The average Bonchev–Trinajstić information content (AvgIpc) is 3.42. The van der Waals surface area contributed by atoms with Crippen LogP contribution in [-0.2, 0) is 17.1 Å². The Kier molecular flexibility index (Phi) is 7.39. The molecule has 0 bridgehead atoms. The van der Waals surface area contributed by atoms with Gasteiger partial charge >= 0.3 is 12.4 Å². The zero-order chi connectivity index (χ0) is 29.0. The van der Waals surface area contributed by atoms with Gasteiger partial charge in [-0.05, 0) is 60.4 Å². The molecule has 2 aromatic carbocycles. The van der Waals surface area contributed by atoms with Crippen LogP contribution < -0.4 is 4.90 Å². The van der Waals surface area contributed by atoms with Crippen molar-refractivity contribution in [3.8, 4) is 22.3 Å². The van der Waals surface area contributed by atoms with Crippen molar-refractivity contribution < 1.29 is 31.1 Å². The number of rotatable bonds is 4. The van der Waals surface area contributed by atoms with Gasteiger partial charge < -0.3 is 19.6 Å². The number of ether oxygens (including phenoxy) is 1. The van der Waals surface area contributed by atoms with Crippen LogP contribution in [-0.4, -0.2) is 29.7 Å². The maximum absolute atomic E-state index is 14.1. The van der Waals surface area contributed by atoms with Gasteiger partial charge in [-0.3, -0.25) is 0 Å². The fourth-order valence-electron chi connectivity index (χ4n) is 5.30. The second kappa shape index (κ2) is 10.4. The molecule has 1 saturated heterocycles. The molecule has 3 heterocycles. The summed E-state index contributed by atoms with van der Waals surface area (Å²) in [5.41, 5.74) is -0.242. The molecule has 0 aliphatic carbocycles. The topological polar surface area (TPSA) is 44.0 Å². The molecule has 12 heteroatoms. The van der Waals surface area contributed by atoms with E-state index in [0.29, 0.717) is 21.2 Å². The summed E-state index contributed by atoms with van der Waals surface area (Å²) in [7, 11) is 0. The van der Waals surface area contributed by atoms with Gasteiger partial charge in [0.05, 0.1) is 19.3 Å². The van der Waals surface area contributed by atoms with Crippen molar-refractivity contribution in [2.45, 2.75) is 32.2 Å². The van der Waals surface area contributed by atoms with Gasteiger partial charge in [-0.15, -0.1) is 0 Å². The van der Waals surface area contributed by atoms with E-state index in [1.165, 1.54) is 13.8 Å². The fourth-order valence-corrected chi connectivity index (χ4v) is 5.55. The maximum Gasteiger partial charge on any atom is 0.431 e. The molecule has 2 N–H and O–H groups in total. The predicted molar refractivity (Wildman–Crippen MR) is 143 cm³/mol. The lowest BCUT2D eigenvalue weighted by Crippen LogP contribution is -2.40. The van der Waals surface area contributed by atoms with Crippen LogP contribution in [0.5, 0.6) is 0 Å². The molecule has 2 aromatic heterocycles. The normalized spacial score (nSPS) is 16.6. The first-order valence-electron chi connectivity index (χ1n) is 12.2. The summed E-state index contributed by atoms with van der Waals surface area (Å²) >= 11 is 12.1. The second-order valence-electron chi connectivity index (χ2n) is 9.56. The van der Waals surface area contributed by atoms with Gasteiger partial charge in [0, 0.05) is 33.4 Å². The molecule has 1 aliphatic rings. The summed E-state index contributed by atoms with van der Waals surface area (Å²) in [4.78, 5) is 6.75. The lowest BCUT2D eigenvalue weighted by molar-refractivity contribution is -0.142. The summed E-state index contributed by atoms with van der Waals surface area (Å²) in [6, 6.07) is 11.8. The maximum atomic E-state index is 14.1. The average molecular weight is 602 g/mol. The molecule has 0 radical (unpaired) electrons. The number of alkyl halides is 6. The summed E-state index contributed by atoms with van der Waals surface area (Å²) in [5.74, 6) is 0.128. The first-order valence-corrected chi connectivity index (χ1v) is 13.0. The summed E-state index contributed by atoms with van der Waals surface area (Å²) < 4.78 is 90.1. The quantitative estimate of drug-likeness (QED) is 0.229. The number of aromatic nitrogens is 2. The molecular weight excluding hydrogens is 579 g/mol. The van der Waals surface area contributed by atoms with Crippen molar-refractivity contribution in [3.05, 3.63) is 86.8 Å². The highest BCUT2D eigenvalue weighted by molar-refractivity contribution is 6.31. The molecule has 1 unspecified atom stereocenters. The van der Waals surface area contributed by atoms with Crippen molar-refractivity contribution >= 4 is 29.0 Å². The van der Waals surface area contributed by atoms with E-state index in [0.717, 1.165) is 0 Å². The summed E-state index contributed by atoms with van der Waals surface area (Å²) in [6.07, 6.45) is -9.38. The Morgan fingerprint density at radius 3 is 1.75 bits per heavy atom. The van der Waals surface area contributed by atoms with Crippen LogP contribution in [0.4, 0.5) is 32.2 Å². The molecule has 0 saturated carbocycles. The van der Waals surface area contributed by atoms with E-state index in [9.17, 15) is 26.3 Å². The van der Waals surface area contributed by atoms with Crippen molar-refractivity contribution in [1.82, 2.24) is 9.97 Å². The van der Waals surface area contributed by atoms with Crippen LogP contribution >= 0.6 is 23.2 Å². The molecule has 212 valence electrons. The predicted octanol–water partition coefficient (Wildman–Crippen LogP) is 9.22. The molecule has 0 amide bonds. The minimum atomic E-state index is -4.69. The number of nitrogens with zero attached hydrogens (tertiary/aromatic N) is 1. The van der Waals surface area contributed by atoms with E-state index in [1.54, 1.807) is 53.4 Å². The van der Waals surface area contributed by atoms with Crippen molar-refractivity contribution in [3.63, 3.8) is 0 Å². The van der Waals surface area contributed by atoms with Gasteiger partial charge in [-0.1, -0.05) is 47.5 Å². The lowest BCUT2D eigenvalue weighted by atomic mass is 9.96. The van der Waals surface area contributed by atoms with Gasteiger partial charge in [-0.2, -0.15) is 26.3 Å². The van der Waals surface area contributed by atoms with E-state index >= 15 is 0 Å². The first-order chi connectivity index (χ1) is 18.8. The third-order valence-electron chi connectivity index (χ3n) is 7.09. The smallest absolute Gasteiger partial charge is 0.377 e. The minimum Gasteiger partial charge on any atom is -0.377 e. The van der Waals surface area contributed by atoms with Crippen molar-refractivity contribution in [1.29, 1.82) is 0 Å². The van der Waals surface area contributed by atoms with Crippen LogP contribution in [0.3, 0.4) is 0 Å². The van der Waals surface area contributed by atoms with Crippen LogP contribution in [0.2, 0.25) is 10.0 Å². The Balaban J connectivity index is 1.73. The van der Waals surface area contributed by atoms with Crippen LogP contribution in [0.25, 0.3) is 22.3 Å². The highest BCUT2D eigenvalue weighted by Crippen LogP contribution is 2.47. The van der Waals surface area contributed by atoms with E-state index in [4.69, 9.17) is 27.9 Å². The number of aromatic amines is 2. The number of morpholine rings is 1. The Morgan fingerprint density at radius 2 is 1.23 bits per heavy atom. The fraction of sp³-hybridized carbons (Fsp3) is 0.286. The molecule has 0 spiro atoms. The molecule has 4 aromatic rings. The Morgan fingerprint density at radius 1 is 0.750 bits per heavy atom. The second-order valence-corrected chi connectivity index (χ2v) is 10.4. The molecule has 1 fully saturated rings. The SMILES string of the molecule is Cc1c(C(F)(F)F)[nH]c(C2COCCN2c2[nH]c(C(F)(F)F)c(C)c2-c2ccc(Cl)cc2)c1-c1ccc(Cl)cc1. The third kappa shape index (κ3) is 5.20. The van der Waals surface area contributed by atoms with E-state index < -0.39 is 29.8 Å².